The number of aromatic nitrogens is 2. The first-order valence-corrected chi connectivity index (χ1v) is 24.2. The minimum atomic E-state index is -4.35. The predicted molar refractivity (Wildman–Crippen MR) is 245 cm³/mol. The maximum absolute atomic E-state index is 15.8. The Hall–Kier alpha value is -6.04. The summed E-state index contributed by atoms with van der Waals surface area (Å²) in [5, 5.41) is 3.16. The molecule has 2 amide bonds. The molecule has 2 atom stereocenters. The van der Waals surface area contributed by atoms with Gasteiger partial charge >= 0.3 is 10.2 Å². The Balaban J connectivity index is 0.730. The number of pyridine rings is 1. The van der Waals surface area contributed by atoms with Gasteiger partial charge in [0.05, 0.1) is 11.3 Å². The average Bonchev–Trinajstić information content (AvgIpc) is 4.04. The molecule has 4 saturated heterocycles. The summed E-state index contributed by atoms with van der Waals surface area (Å²) in [6.45, 7) is 8.88. The number of anilines is 2. The van der Waals surface area contributed by atoms with Crippen LogP contribution in [0.2, 0.25) is 0 Å². The number of carbonyl (C=O) groups is 3. The molecule has 0 bridgehead atoms. The molecule has 2 aromatic heterocycles. The number of alkyl halides is 1. The second-order valence-electron chi connectivity index (χ2n) is 18.3. The highest BCUT2D eigenvalue weighted by Crippen LogP contribution is 2.36. The normalized spacial score (nSPS) is 21.5. The van der Waals surface area contributed by atoms with Crippen LogP contribution in [-0.4, -0.2) is 108 Å². The summed E-state index contributed by atoms with van der Waals surface area (Å²) in [4.78, 5) is 53.7. The summed E-state index contributed by atoms with van der Waals surface area (Å²) in [6, 6.07) is 17.4. The van der Waals surface area contributed by atoms with Gasteiger partial charge < -0.3 is 25.0 Å². The summed E-state index contributed by atoms with van der Waals surface area (Å²) in [5.74, 6) is -2.72. The molecule has 0 aliphatic carbocycles. The molecule has 3 aromatic carbocycles. The molecule has 5 aliphatic rings. The Bertz CT molecular complexity index is 2860. The fourth-order valence-corrected chi connectivity index (χ4v) is 11.7. The fourth-order valence-electron chi connectivity index (χ4n) is 10.4. The number of ketones is 1. The van der Waals surface area contributed by atoms with E-state index in [2.05, 4.69) is 49.9 Å². The van der Waals surface area contributed by atoms with Gasteiger partial charge in [-0.2, -0.15) is 12.7 Å². The van der Waals surface area contributed by atoms with Crippen molar-refractivity contribution in [3.63, 3.8) is 0 Å². The van der Waals surface area contributed by atoms with Crippen molar-refractivity contribution in [3.05, 3.63) is 125 Å². The molecule has 0 radical (unpaired) electrons. The van der Waals surface area contributed by atoms with Gasteiger partial charge in [0.15, 0.2) is 5.82 Å². The van der Waals surface area contributed by atoms with E-state index in [0.717, 1.165) is 91.7 Å². The molecule has 3 N–H and O–H groups in total. The largest absolute Gasteiger partial charge is 0.372 e. The summed E-state index contributed by atoms with van der Waals surface area (Å²) >= 11 is 0. The van der Waals surface area contributed by atoms with Crippen LogP contribution in [0.15, 0.2) is 85.3 Å². The molecule has 7 heterocycles. The lowest BCUT2D eigenvalue weighted by Gasteiger charge is -2.38. The van der Waals surface area contributed by atoms with E-state index in [9.17, 15) is 27.2 Å². The Morgan fingerprint density at radius 1 is 0.894 bits per heavy atom. The van der Waals surface area contributed by atoms with Gasteiger partial charge in [0.25, 0.3) is 5.91 Å². The van der Waals surface area contributed by atoms with E-state index < -0.39 is 51.1 Å². The molecule has 66 heavy (non-hydrogen) atoms. The number of aromatic amines is 1. The van der Waals surface area contributed by atoms with Gasteiger partial charge in [-0.25, -0.2) is 18.2 Å². The number of hydrogen-bond acceptors (Lipinski definition) is 8. The minimum Gasteiger partial charge on any atom is -0.372 e. The SMILES string of the molecule is C=C1CCC(N2Cc3cc(N4CCC(CN5CCC(c6ccc(-c7cnc8[nH]cc(C(=O)c9c(F)ccc(NS(=O)(=O)N%10CC[C@@H](F)C%10)c9F)c8c7)cc6)CC5)CC4)ccc3C2=O)C(=O)N1. The quantitative estimate of drug-likeness (QED) is 0.117. The summed E-state index contributed by atoms with van der Waals surface area (Å²) in [6.07, 6.45) is 7.23. The highest BCUT2D eigenvalue weighted by molar-refractivity contribution is 7.90. The Morgan fingerprint density at radius 2 is 1.67 bits per heavy atom. The third-order valence-corrected chi connectivity index (χ3v) is 15.7. The smallest absolute Gasteiger partial charge is 0.301 e. The van der Waals surface area contributed by atoms with Crippen LogP contribution in [0.3, 0.4) is 0 Å². The van der Waals surface area contributed by atoms with E-state index >= 15 is 8.78 Å². The number of piperidine rings is 3. The van der Waals surface area contributed by atoms with Crippen molar-refractivity contribution in [2.24, 2.45) is 5.92 Å². The highest BCUT2D eigenvalue weighted by atomic mass is 32.2. The Kier molecular flexibility index (Phi) is 11.7. The summed E-state index contributed by atoms with van der Waals surface area (Å²) in [7, 11) is -4.35. The maximum atomic E-state index is 15.8. The van der Waals surface area contributed by atoms with Gasteiger partial charge in [0.1, 0.15) is 23.7 Å². The van der Waals surface area contributed by atoms with Crippen LogP contribution in [0.5, 0.6) is 0 Å². The fraction of sp³-hybridized carbons (Fsp3) is 0.388. The van der Waals surface area contributed by atoms with E-state index in [1.165, 1.54) is 11.8 Å². The molecular formula is C49H51F3N8O5S. The van der Waals surface area contributed by atoms with Gasteiger partial charge in [-0.3, -0.25) is 19.1 Å². The van der Waals surface area contributed by atoms with E-state index in [0.29, 0.717) is 59.1 Å². The number of hydrogen-bond donors (Lipinski definition) is 3. The third-order valence-electron chi connectivity index (χ3n) is 14.2. The number of likely N-dealkylation sites (tertiary alicyclic amines) is 1. The first kappa shape index (κ1) is 43.8. The zero-order chi connectivity index (χ0) is 45.9. The van der Waals surface area contributed by atoms with Crippen molar-refractivity contribution >= 4 is 50.2 Å². The van der Waals surface area contributed by atoms with Gasteiger partial charge in [-0.05, 0) is 123 Å². The topological polar surface area (TPSA) is 151 Å². The van der Waals surface area contributed by atoms with Crippen molar-refractivity contribution in [1.82, 2.24) is 29.4 Å². The number of H-pyrrole nitrogens is 1. The van der Waals surface area contributed by atoms with Gasteiger partial charge in [-0.15, -0.1) is 0 Å². The molecule has 17 heteroatoms. The number of allylic oxidation sites excluding steroid dienone is 1. The van der Waals surface area contributed by atoms with Crippen molar-refractivity contribution in [3.8, 4) is 11.1 Å². The Morgan fingerprint density at radius 3 is 2.39 bits per heavy atom. The summed E-state index contributed by atoms with van der Waals surface area (Å²) < 4.78 is 73.2. The second-order valence-corrected chi connectivity index (χ2v) is 20.0. The number of fused-ring (bicyclic) bond motifs is 2. The molecule has 10 rings (SSSR count). The van der Waals surface area contributed by atoms with Crippen LogP contribution < -0.4 is 14.9 Å². The van der Waals surface area contributed by atoms with E-state index in [4.69, 9.17) is 0 Å². The number of nitrogens with zero attached hydrogens (tertiary/aromatic N) is 5. The molecule has 0 spiro atoms. The first-order chi connectivity index (χ1) is 31.8. The molecule has 344 valence electrons. The lowest BCUT2D eigenvalue weighted by atomic mass is 9.87. The molecular weight excluding hydrogens is 870 g/mol. The van der Waals surface area contributed by atoms with Crippen molar-refractivity contribution in [2.45, 2.75) is 69.6 Å². The molecule has 13 nitrogen and oxygen atoms in total. The van der Waals surface area contributed by atoms with Gasteiger partial charge in [-0.1, -0.05) is 30.8 Å². The first-order valence-electron chi connectivity index (χ1n) is 22.7. The standard InChI is InChI=1S/C49H51F3N8O5S/c1-29-2-11-43(48(62)55-29)60-27-35-22-37(7-8-38(35)49(60)63)58-19-12-30(13-20-58)26-57-17-14-33(15-18-57)31-3-5-32(6-4-31)34-23-39-40(25-54-47(39)53-24-34)46(61)44-41(51)9-10-42(45(44)52)56-66(64,65)59-21-16-36(50)28-59/h3-10,22-25,30,33,36,43,56H,1-2,11-21,26-28H2,(H,53,54)(H,55,62)/t36-,43?/m1/s1. The van der Waals surface area contributed by atoms with Crippen LogP contribution in [0, 0.1) is 17.6 Å². The average molecular weight is 921 g/mol. The monoisotopic (exact) mass is 920 g/mol. The molecule has 1 unspecified atom stereocenters. The van der Waals surface area contributed by atoms with Crippen LogP contribution in [0.25, 0.3) is 22.2 Å². The number of benzene rings is 3. The van der Waals surface area contributed by atoms with Crippen LogP contribution >= 0.6 is 0 Å². The maximum Gasteiger partial charge on any atom is 0.301 e. The lowest BCUT2D eigenvalue weighted by molar-refractivity contribution is -0.126. The highest BCUT2D eigenvalue weighted by Gasteiger charge is 2.39. The van der Waals surface area contributed by atoms with Crippen LogP contribution in [-0.2, 0) is 21.5 Å². The van der Waals surface area contributed by atoms with Gasteiger partial charge in [0.2, 0.25) is 11.7 Å². The number of carbonyl (C=O) groups excluding carboxylic acids is 3. The minimum absolute atomic E-state index is 0.00858. The zero-order valence-electron chi connectivity index (χ0n) is 36.4. The second kappa shape index (κ2) is 17.6. The van der Waals surface area contributed by atoms with Crippen LogP contribution in [0.1, 0.15) is 88.3 Å². The Labute approximate surface area is 381 Å². The number of rotatable bonds is 11. The number of nitrogens with one attached hydrogen (secondary N) is 3. The summed E-state index contributed by atoms with van der Waals surface area (Å²) in [5.41, 5.74) is 5.09. The van der Waals surface area contributed by atoms with E-state index in [1.807, 2.05) is 29.0 Å². The molecule has 0 saturated carbocycles. The molecule has 5 aromatic rings. The third kappa shape index (κ3) is 8.47. The number of amides is 2. The van der Waals surface area contributed by atoms with E-state index in [1.54, 1.807) is 17.2 Å². The number of halogens is 3. The van der Waals surface area contributed by atoms with Crippen LogP contribution in [0.4, 0.5) is 24.5 Å². The van der Waals surface area contributed by atoms with Crippen molar-refractivity contribution in [2.75, 3.05) is 55.4 Å². The lowest BCUT2D eigenvalue weighted by Crippen LogP contribution is -2.49. The van der Waals surface area contributed by atoms with Crippen molar-refractivity contribution < 1.29 is 36.0 Å². The van der Waals surface area contributed by atoms with Crippen molar-refractivity contribution in [1.29, 1.82) is 0 Å². The molecule has 4 fully saturated rings. The predicted octanol–water partition coefficient (Wildman–Crippen LogP) is 7.28. The zero-order valence-corrected chi connectivity index (χ0v) is 37.2. The van der Waals surface area contributed by atoms with Gasteiger partial charge in [0, 0.05) is 85.1 Å². The van der Waals surface area contributed by atoms with E-state index in [-0.39, 0.29) is 36.9 Å². The molecule has 5 aliphatic heterocycles.